The summed E-state index contributed by atoms with van der Waals surface area (Å²) in [7, 11) is 0. The van der Waals surface area contributed by atoms with Gasteiger partial charge < -0.3 is 15.5 Å². The molecular weight excluding hydrogens is 290 g/mol. The number of carbonyl (C=O) groups excluding carboxylic acids is 2. The van der Waals surface area contributed by atoms with Crippen LogP contribution >= 0.6 is 0 Å². The Morgan fingerprint density at radius 1 is 1.04 bits per heavy atom. The third-order valence-corrected chi connectivity index (χ3v) is 5.08. The average Bonchev–Trinajstić information content (AvgIpc) is 3.06. The molecule has 5 heteroatoms. The van der Waals surface area contributed by atoms with Crippen LogP contribution in [0.4, 0.5) is 4.79 Å². The zero-order valence-corrected chi connectivity index (χ0v) is 13.5. The van der Waals surface area contributed by atoms with Gasteiger partial charge in [0.2, 0.25) is 5.91 Å². The Hall–Kier alpha value is -2.04. The number of carbonyl (C=O) groups is 2. The number of piperidine rings is 1. The summed E-state index contributed by atoms with van der Waals surface area (Å²) in [6.45, 7) is 2.20. The number of benzene rings is 1. The standard InChI is InChI=1S/C18H25N3O2/c19-17(22)16-7-4-10-21(16)18(23)20-11-8-15(9-12-20)13-14-5-2-1-3-6-14/h1-3,5-6,15-16H,4,7-13H2,(H2,19,22)/t16-/m1/s1. The number of rotatable bonds is 3. The average molecular weight is 315 g/mol. The third-order valence-electron chi connectivity index (χ3n) is 5.08. The van der Waals surface area contributed by atoms with Crippen LogP contribution in [0, 0.1) is 5.92 Å². The first-order chi connectivity index (χ1) is 11.1. The smallest absolute Gasteiger partial charge is 0.320 e. The quantitative estimate of drug-likeness (QED) is 0.927. The molecule has 0 saturated carbocycles. The maximum absolute atomic E-state index is 12.6. The van der Waals surface area contributed by atoms with Crippen LogP contribution in [0.5, 0.6) is 0 Å². The largest absolute Gasteiger partial charge is 0.368 e. The monoisotopic (exact) mass is 315 g/mol. The summed E-state index contributed by atoms with van der Waals surface area (Å²) < 4.78 is 0. The summed E-state index contributed by atoms with van der Waals surface area (Å²) in [5.41, 5.74) is 6.78. The molecule has 3 rings (SSSR count). The third kappa shape index (κ3) is 3.66. The molecule has 2 aliphatic rings. The summed E-state index contributed by atoms with van der Waals surface area (Å²) in [6, 6.07) is 10.1. The van der Waals surface area contributed by atoms with Crippen molar-refractivity contribution in [2.75, 3.05) is 19.6 Å². The molecule has 0 bridgehead atoms. The minimum Gasteiger partial charge on any atom is -0.368 e. The SMILES string of the molecule is NC(=O)[C@H]1CCCN1C(=O)N1CCC(Cc2ccccc2)CC1. The van der Waals surface area contributed by atoms with Crippen molar-refractivity contribution >= 4 is 11.9 Å². The summed E-state index contributed by atoms with van der Waals surface area (Å²) in [6.07, 6.45) is 4.69. The van der Waals surface area contributed by atoms with Crippen LogP contribution in [0.25, 0.3) is 0 Å². The molecule has 2 fully saturated rings. The summed E-state index contributed by atoms with van der Waals surface area (Å²) in [4.78, 5) is 27.6. The van der Waals surface area contributed by atoms with E-state index in [0.29, 0.717) is 18.9 Å². The topological polar surface area (TPSA) is 66.6 Å². The molecule has 0 spiro atoms. The lowest BCUT2D eigenvalue weighted by molar-refractivity contribution is -0.121. The van der Waals surface area contributed by atoms with Gasteiger partial charge in [-0.3, -0.25) is 4.79 Å². The molecule has 2 N–H and O–H groups in total. The fourth-order valence-corrected chi connectivity index (χ4v) is 3.75. The van der Waals surface area contributed by atoms with Gasteiger partial charge in [0.05, 0.1) is 0 Å². The van der Waals surface area contributed by atoms with Gasteiger partial charge in [0.25, 0.3) is 0 Å². The van der Waals surface area contributed by atoms with Gasteiger partial charge >= 0.3 is 6.03 Å². The van der Waals surface area contributed by atoms with Gasteiger partial charge in [0, 0.05) is 19.6 Å². The molecule has 1 aromatic carbocycles. The number of urea groups is 1. The number of likely N-dealkylation sites (tertiary alicyclic amines) is 2. The van der Waals surface area contributed by atoms with Gasteiger partial charge in [-0.25, -0.2) is 4.79 Å². The van der Waals surface area contributed by atoms with Crippen LogP contribution in [0.15, 0.2) is 30.3 Å². The van der Waals surface area contributed by atoms with Crippen LogP contribution in [0.3, 0.4) is 0 Å². The van der Waals surface area contributed by atoms with Crippen molar-refractivity contribution in [1.82, 2.24) is 9.80 Å². The first-order valence-electron chi connectivity index (χ1n) is 8.54. The molecule has 0 aromatic heterocycles. The van der Waals surface area contributed by atoms with E-state index in [0.717, 1.165) is 38.8 Å². The van der Waals surface area contributed by atoms with Crippen molar-refractivity contribution in [3.63, 3.8) is 0 Å². The van der Waals surface area contributed by atoms with Gasteiger partial charge in [-0.05, 0) is 43.6 Å². The highest BCUT2D eigenvalue weighted by Gasteiger charge is 2.36. The number of nitrogens with zero attached hydrogens (tertiary/aromatic N) is 2. The number of amides is 3. The van der Waals surface area contributed by atoms with Crippen molar-refractivity contribution < 1.29 is 9.59 Å². The molecule has 0 aliphatic carbocycles. The molecule has 2 aliphatic heterocycles. The second-order valence-electron chi connectivity index (χ2n) is 6.66. The number of hydrogen-bond acceptors (Lipinski definition) is 2. The highest BCUT2D eigenvalue weighted by atomic mass is 16.2. The zero-order chi connectivity index (χ0) is 16.2. The van der Waals surface area contributed by atoms with Crippen LogP contribution in [-0.2, 0) is 11.2 Å². The predicted molar refractivity (Wildman–Crippen MR) is 88.8 cm³/mol. The normalized spacial score (nSPS) is 22.3. The lowest BCUT2D eigenvalue weighted by Crippen LogP contribution is -2.51. The van der Waals surface area contributed by atoms with Crippen molar-refractivity contribution in [3.05, 3.63) is 35.9 Å². The Bertz CT molecular complexity index is 553. The highest BCUT2D eigenvalue weighted by molar-refractivity contribution is 5.86. The van der Waals surface area contributed by atoms with Gasteiger partial charge in [-0.1, -0.05) is 30.3 Å². The first kappa shape index (κ1) is 15.8. The van der Waals surface area contributed by atoms with E-state index in [2.05, 4.69) is 24.3 Å². The first-order valence-corrected chi connectivity index (χ1v) is 8.54. The van der Waals surface area contributed by atoms with E-state index in [1.807, 2.05) is 11.0 Å². The van der Waals surface area contributed by atoms with E-state index in [-0.39, 0.29) is 11.9 Å². The van der Waals surface area contributed by atoms with E-state index >= 15 is 0 Å². The van der Waals surface area contributed by atoms with Crippen LogP contribution < -0.4 is 5.73 Å². The minimum atomic E-state index is -0.412. The zero-order valence-electron chi connectivity index (χ0n) is 13.5. The molecule has 0 unspecified atom stereocenters. The summed E-state index contributed by atoms with van der Waals surface area (Å²) >= 11 is 0. The molecule has 1 atom stereocenters. The van der Waals surface area contributed by atoms with E-state index < -0.39 is 6.04 Å². The number of nitrogens with two attached hydrogens (primary N) is 1. The van der Waals surface area contributed by atoms with E-state index in [1.165, 1.54) is 5.56 Å². The maximum Gasteiger partial charge on any atom is 0.320 e. The Morgan fingerprint density at radius 2 is 1.74 bits per heavy atom. The molecule has 124 valence electrons. The predicted octanol–water partition coefficient (Wildman–Crippen LogP) is 2.01. The Labute approximate surface area is 137 Å². The molecule has 3 amide bonds. The van der Waals surface area contributed by atoms with Crippen LogP contribution in [0.1, 0.15) is 31.2 Å². The number of hydrogen-bond donors (Lipinski definition) is 1. The van der Waals surface area contributed by atoms with Gasteiger partial charge in [-0.2, -0.15) is 0 Å². The maximum atomic E-state index is 12.6. The fourth-order valence-electron chi connectivity index (χ4n) is 3.75. The van der Waals surface area contributed by atoms with Gasteiger partial charge in [0.1, 0.15) is 6.04 Å². The van der Waals surface area contributed by atoms with E-state index in [1.54, 1.807) is 4.90 Å². The second-order valence-corrected chi connectivity index (χ2v) is 6.66. The number of primary amides is 1. The van der Waals surface area contributed by atoms with Crippen molar-refractivity contribution in [1.29, 1.82) is 0 Å². The van der Waals surface area contributed by atoms with Crippen LogP contribution in [0.2, 0.25) is 0 Å². The molecule has 2 heterocycles. The molecule has 1 aromatic rings. The highest BCUT2D eigenvalue weighted by Crippen LogP contribution is 2.25. The van der Waals surface area contributed by atoms with E-state index in [4.69, 9.17) is 5.73 Å². The molecule has 0 radical (unpaired) electrons. The van der Waals surface area contributed by atoms with Crippen molar-refractivity contribution in [2.24, 2.45) is 11.7 Å². The molecular formula is C18H25N3O2. The summed E-state index contributed by atoms with van der Waals surface area (Å²) in [5, 5.41) is 0. The van der Waals surface area contributed by atoms with Crippen molar-refractivity contribution in [2.45, 2.75) is 38.1 Å². The van der Waals surface area contributed by atoms with E-state index in [9.17, 15) is 9.59 Å². The Kier molecular flexibility index (Phi) is 4.84. The second kappa shape index (κ2) is 7.02. The summed E-state index contributed by atoms with van der Waals surface area (Å²) in [5.74, 6) is 0.252. The lowest BCUT2D eigenvalue weighted by Gasteiger charge is -2.36. The Morgan fingerprint density at radius 3 is 2.39 bits per heavy atom. The Balaban J connectivity index is 1.52. The van der Waals surface area contributed by atoms with Crippen LogP contribution in [-0.4, -0.2) is 47.4 Å². The molecule has 5 nitrogen and oxygen atoms in total. The molecule has 23 heavy (non-hydrogen) atoms. The van der Waals surface area contributed by atoms with Gasteiger partial charge in [0.15, 0.2) is 0 Å². The minimum absolute atomic E-state index is 0.00976. The van der Waals surface area contributed by atoms with Gasteiger partial charge in [-0.15, -0.1) is 0 Å². The lowest BCUT2D eigenvalue weighted by atomic mass is 9.90. The van der Waals surface area contributed by atoms with Crippen molar-refractivity contribution in [3.8, 4) is 0 Å². The molecule has 2 saturated heterocycles. The fraction of sp³-hybridized carbons (Fsp3) is 0.556.